The minimum absolute atomic E-state index is 0.131. The molecule has 0 saturated heterocycles. The molecule has 0 aromatic heterocycles. The molecule has 0 radical (unpaired) electrons. The van der Waals surface area contributed by atoms with Crippen molar-refractivity contribution in [1.82, 2.24) is 4.90 Å². The summed E-state index contributed by atoms with van der Waals surface area (Å²) in [6.07, 6.45) is 2.21. The zero-order valence-electron chi connectivity index (χ0n) is 12.5. The summed E-state index contributed by atoms with van der Waals surface area (Å²) >= 11 is 0. The summed E-state index contributed by atoms with van der Waals surface area (Å²) in [6, 6.07) is 8.52. The van der Waals surface area contributed by atoms with Gasteiger partial charge in [0.1, 0.15) is 0 Å². The van der Waals surface area contributed by atoms with Crippen molar-refractivity contribution in [2.75, 3.05) is 13.6 Å². The summed E-state index contributed by atoms with van der Waals surface area (Å²) in [5.74, 6) is 1.25. The van der Waals surface area contributed by atoms with Gasteiger partial charge in [-0.2, -0.15) is 0 Å². The van der Waals surface area contributed by atoms with E-state index in [1.165, 1.54) is 11.1 Å². The minimum atomic E-state index is -0.831. The topological polar surface area (TPSA) is 40.5 Å². The van der Waals surface area contributed by atoms with Crippen molar-refractivity contribution in [2.45, 2.75) is 38.2 Å². The fourth-order valence-corrected chi connectivity index (χ4v) is 3.82. The number of rotatable bonds is 3. The van der Waals surface area contributed by atoms with E-state index < -0.39 is 5.60 Å². The Bertz CT molecular complexity index is 532. The molecule has 3 nitrogen and oxygen atoms in total. The van der Waals surface area contributed by atoms with Gasteiger partial charge in [-0.3, -0.25) is 4.79 Å². The molecule has 1 N–H and O–H groups in total. The lowest BCUT2D eigenvalue weighted by atomic mass is 9.92. The Morgan fingerprint density at radius 3 is 2.80 bits per heavy atom. The average molecular weight is 273 g/mol. The molecule has 20 heavy (non-hydrogen) atoms. The summed E-state index contributed by atoms with van der Waals surface area (Å²) in [4.78, 5) is 14.3. The van der Waals surface area contributed by atoms with Gasteiger partial charge in [-0.1, -0.05) is 24.3 Å². The largest absolute Gasteiger partial charge is 0.389 e. The zero-order valence-corrected chi connectivity index (χ0v) is 12.5. The molecule has 0 bridgehead atoms. The molecule has 3 rings (SSSR count). The second kappa shape index (κ2) is 4.59. The summed E-state index contributed by atoms with van der Waals surface area (Å²) in [6.45, 7) is 3.88. The van der Waals surface area contributed by atoms with E-state index in [0.717, 1.165) is 12.8 Å². The van der Waals surface area contributed by atoms with Crippen molar-refractivity contribution in [3.63, 3.8) is 0 Å². The first kappa shape index (κ1) is 13.6. The van der Waals surface area contributed by atoms with Crippen molar-refractivity contribution in [3.05, 3.63) is 35.4 Å². The molecule has 1 fully saturated rings. The van der Waals surface area contributed by atoms with Crippen LogP contribution in [0, 0.1) is 11.8 Å². The number of aryl methyl sites for hydroxylation is 1. The Balaban J connectivity index is 1.74. The number of benzene rings is 1. The molecule has 2 aliphatic carbocycles. The number of hydrogen-bond acceptors (Lipinski definition) is 2. The van der Waals surface area contributed by atoms with Gasteiger partial charge in [0.2, 0.25) is 5.91 Å². The highest BCUT2D eigenvalue weighted by molar-refractivity contribution is 5.84. The van der Waals surface area contributed by atoms with Crippen molar-refractivity contribution in [2.24, 2.45) is 11.8 Å². The second-order valence-electron chi connectivity index (χ2n) is 6.96. The molecule has 0 heterocycles. The third-order valence-corrected chi connectivity index (χ3v) is 4.62. The van der Waals surface area contributed by atoms with Gasteiger partial charge in [0.25, 0.3) is 0 Å². The number of likely N-dealkylation sites (N-methyl/N-ethyl adjacent to an activating group) is 1. The maximum absolute atomic E-state index is 12.6. The fourth-order valence-electron chi connectivity index (χ4n) is 3.82. The highest BCUT2D eigenvalue weighted by Gasteiger charge is 2.57. The number of carbonyl (C=O) groups excluding carboxylic acids is 1. The Morgan fingerprint density at radius 2 is 2.10 bits per heavy atom. The maximum atomic E-state index is 12.6. The molecule has 3 unspecified atom stereocenters. The van der Waals surface area contributed by atoms with Crippen LogP contribution in [-0.2, 0) is 11.2 Å². The predicted octanol–water partition coefficient (Wildman–Crippen LogP) is 2.19. The van der Waals surface area contributed by atoms with Crippen LogP contribution in [0.4, 0.5) is 0 Å². The molecule has 1 aromatic carbocycles. The molecule has 0 spiro atoms. The first-order valence-corrected chi connectivity index (χ1v) is 7.43. The van der Waals surface area contributed by atoms with E-state index in [1.54, 1.807) is 25.8 Å². The smallest absolute Gasteiger partial charge is 0.226 e. The van der Waals surface area contributed by atoms with Crippen molar-refractivity contribution >= 4 is 5.91 Å². The van der Waals surface area contributed by atoms with E-state index >= 15 is 0 Å². The van der Waals surface area contributed by atoms with Gasteiger partial charge < -0.3 is 10.0 Å². The summed E-state index contributed by atoms with van der Waals surface area (Å²) in [7, 11) is 1.80. The number of aliphatic hydroxyl groups is 1. The van der Waals surface area contributed by atoms with Gasteiger partial charge >= 0.3 is 0 Å². The van der Waals surface area contributed by atoms with Gasteiger partial charge in [0.05, 0.1) is 5.60 Å². The molecule has 108 valence electrons. The molecule has 3 atom stereocenters. The lowest BCUT2D eigenvalue weighted by Crippen LogP contribution is -2.40. The second-order valence-corrected chi connectivity index (χ2v) is 6.96. The molecule has 3 heteroatoms. The van der Waals surface area contributed by atoms with Crippen LogP contribution in [0.1, 0.15) is 37.3 Å². The highest BCUT2D eigenvalue weighted by atomic mass is 16.3. The van der Waals surface area contributed by atoms with E-state index in [1.807, 2.05) is 0 Å². The van der Waals surface area contributed by atoms with Crippen LogP contribution in [0.5, 0.6) is 0 Å². The maximum Gasteiger partial charge on any atom is 0.226 e. The molecule has 2 aliphatic rings. The highest BCUT2D eigenvalue weighted by Crippen LogP contribution is 2.60. The first-order valence-electron chi connectivity index (χ1n) is 7.43. The van der Waals surface area contributed by atoms with E-state index in [0.29, 0.717) is 18.4 Å². The van der Waals surface area contributed by atoms with Gasteiger partial charge in [-0.25, -0.2) is 0 Å². The number of carbonyl (C=O) groups is 1. The van der Waals surface area contributed by atoms with Gasteiger partial charge in [0, 0.05) is 19.5 Å². The van der Waals surface area contributed by atoms with Gasteiger partial charge in [-0.05, 0) is 49.7 Å². The standard InChI is InChI=1S/C17H23NO2/c1-17(2,20)10-18(3)16(19)15-13-9-8-11-6-4-5-7-12(11)14(13)15/h4-7,13-15,20H,8-10H2,1-3H3. The summed E-state index contributed by atoms with van der Waals surface area (Å²) in [5, 5.41) is 9.86. The molecule has 1 amide bonds. The van der Waals surface area contributed by atoms with Crippen LogP contribution in [0.25, 0.3) is 0 Å². The van der Waals surface area contributed by atoms with Gasteiger partial charge in [0.15, 0.2) is 0 Å². The van der Waals surface area contributed by atoms with Crippen LogP contribution in [0.3, 0.4) is 0 Å². The Labute approximate surface area is 120 Å². The van der Waals surface area contributed by atoms with Crippen molar-refractivity contribution < 1.29 is 9.90 Å². The SMILES string of the molecule is CN(CC(C)(C)O)C(=O)C1C2CCc3ccccc3C21. The van der Waals surface area contributed by atoms with Crippen LogP contribution in [-0.4, -0.2) is 35.1 Å². The normalized spacial score (nSPS) is 27.5. The third kappa shape index (κ3) is 2.35. The predicted molar refractivity (Wildman–Crippen MR) is 78.4 cm³/mol. The third-order valence-electron chi connectivity index (χ3n) is 4.62. The molecular formula is C17H23NO2. The van der Waals surface area contributed by atoms with Crippen molar-refractivity contribution in [1.29, 1.82) is 0 Å². The minimum Gasteiger partial charge on any atom is -0.389 e. The van der Waals surface area contributed by atoms with Crippen molar-refractivity contribution in [3.8, 4) is 0 Å². The van der Waals surface area contributed by atoms with Crippen LogP contribution >= 0.6 is 0 Å². The molecule has 1 saturated carbocycles. The zero-order chi connectivity index (χ0) is 14.5. The first-order chi connectivity index (χ1) is 9.38. The van der Waals surface area contributed by atoms with Crippen LogP contribution in [0.15, 0.2) is 24.3 Å². The van der Waals surface area contributed by atoms with E-state index in [2.05, 4.69) is 24.3 Å². The summed E-state index contributed by atoms with van der Waals surface area (Å²) in [5.41, 5.74) is 1.95. The lowest BCUT2D eigenvalue weighted by Gasteiger charge is -2.25. The lowest BCUT2D eigenvalue weighted by molar-refractivity contribution is -0.134. The van der Waals surface area contributed by atoms with E-state index in [-0.39, 0.29) is 11.8 Å². The Hall–Kier alpha value is -1.35. The van der Waals surface area contributed by atoms with E-state index in [9.17, 15) is 9.90 Å². The number of nitrogens with zero attached hydrogens (tertiary/aromatic N) is 1. The fraction of sp³-hybridized carbons (Fsp3) is 0.588. The summed E-state index contributed by atoms with van der Waals surface area (Å²) < 4.78 is 0. The Morgan fingerprint density at radius 1 is 1.40 bits per heavy atom. The quantitative estimate of drug-likeness (QED) is 0.917. The molecular weight excluding hydrogens is 250 g/mol. The van der Waals surface area contributed by atoms with Gasteiger partial charge in [-0.15, -0.1) is 0 Å². The van der Waals surface area contributed by atoms with Crippen LogP contribution < -0.4 is 0 Å². The molecule has 1 aromatic rings. The number of fused-ring (bicyclic) bond motifs is 3. The Kier molecular flexibility index (Phi) is 3.13. The van der Waals surface area contributed by atoms with Crippen LogP contribution in [0.2, 0.25) is 0 Å². The average Bonchev–Trinajstić information content (AvgIpc) is 3.10. The molecule has 0 aliphatic heterocycles. The number of hydrogen-bond donors (Lipinski definition) is 1. The van der Waals surface area contributed by atoms with E-state index in [4.69, 9.17) is 0 Å². The monoisotopic (exact) mass is 273 g/mol. The number of amides is 1.